The number of aromatic carboxylic acids is 1. The number of carbonyl (C=O) groups is 2. The summed E-state index contributed by atoms with van der Waals surface area (Å²) in [6.07, 6.45) is 0. The summed E-state index contributed by atoms with van der Waals surface area (Å²) in [6, 6.07) is 3.01. The Labute approximate surface area is 104 Å². The molecule has 2 amide bonds. The third-order valence-electron chi connectivity index (χ3n) is 1.97. The maximum atomic E-state index is 11.3. The molecule has 0 atom stereocenters. The molecule has 0 aliphatic rings. The number of urea groups is 1. The van der Waals surface area contributed by atoms with Crippen LogP contribution in [0.25, 0.3) is 0 Å². The van der Waals surface area contributed by atoms with Gasteiger partial charge in [-0.25, -0.2) is 9.59 Å². The highest BCUT2D eigenvalue weighted by Gasteiger charge is 2.07. The molecule has 1 aromatic heterocycles. The number of hydrogen-bond donors (Lipinski definition) is 3. The third kappa shape index (κ3) is 4.86. The zero-order chi connectivity index (χ0) is 12.8. The van der Waals surface area contributed by atoms with Crippen LogP contribution in [-0.2, 0) is 6.54 Å². The van der Waals surface area contributed by atoms with E-state index in [2.05, 4.69) is 10.6 Å². The lowest BCUT2D eigenvalue weighted by Gasteiger charge is -2.08. The van der Waals surface area contributed by atoms with Gasteiger partial charge in [0.2, 0.25) is 0 Å². The second-order valence-electron chi connectivity index (χ2n) is 4.03. The van der Waals surface area contributed by atoms with Crippen LogP contribution < -0.4 is 10.6 Å². The van der Waals surface area contributed by atoms with Gasteiger partial charge in [0.25, 0.3) is 0 Å². The van der Waals surface area contributed by atoms with Crippen LogP contribution in [-0.4, -0.2) is 23.7 Å². The van der Waals surface area contributed by atoms with Gasteiger partial charge in [0.1, 0.15) is 4.88 Å². The third-order valence-corrected chi connectivity index (χ3v) is 3.04. The van der Waals surface area contributed by atoms with Crippen molar-refractivity contribution >= 4 is 23.3 Å². The fourth-order valence-corrected chi connectivity index (χ4v) is 1.90. The molecule has 1 aromatic rings. The minimum absolute atomic E-state index is 0.232. The molecule has 0 radical (unpaired) electrons. The lowest BCUT2D eigenvalue weighted by molar-refractivity contribution is 0.0702. The van der Waals surface area contributed by atoms with Crippen molar-refractivity contribution < 1.29 is 14.7 Å². The highest BCUT2D eigenvalue weighted by molar-refractivity contribution is 7.13. The number of carboxylic acids is 1. The lowest BCUT2D eigenvalue weighted by atomic mass is 10.2. The van der Waals surface area contributed by atoms with E-state index in [0.717, 1.165) is 4.88 Å². The minimum atomic E-state index is -0.939. The summed E-state index contributed by atoms with van der Waals surface area (Å²) < 4.78 is 0. The van der Waals surface area contributed by atoms with Gasteiger partial charge in [0, 0.05) is 11.4 Å². The molecule has 1 heterocycles. The zero-order valence-corrected chi connectivity index (χ0v) is 10.6. The summed E-state index contributed by atoms with van der Waals surface area (Å²) in [5, 5.41) is 14.1. The van der Waals surface area contributed by atoms with E-state index >= 15 is 0 Å². The quantitative estimate of drug-likeness (QED) is 0.753. The molecule has 0 fully saturated rings. The summed E-state index contributed by atoms with van der Waals surface area (Å²) >= 11 is 1.17. The van der Waals surface area contributed by atoms with E-state index in [1.807, 2.05) is 13.8 Å². The predicted octanol–water partition coefficient (Wildman–Crippen LogP) is 1.90. The second kappa shape index (κ2) is 6.24. The van der Waals surface area contributed by atoms with Crippen LogP contribution >= 0.6 is 11.3 Å². The average Bonchev–Trinajstić information content (AvgIpc) is 2.72. The highest BCUT2D eigenvalue weighted by atomic mass is 32.1. The molecule has 5 nitrogen and oxygen atoms in total. The van der Waals surface area contributed by atoms with Gasteiger partial charge in [-0.05, 0) is 18.1 Å². The fraction of sp³-hybridized carbons (Fsp3) is 0.455. The van der Waals surface area contributed by atoms with Crippen LogP contribution in [0.1, 0.15) is 28.4 Å². The molecule has 0 aliphatic carbocycles. The van der Waals surface area contributed by atoms with Gasteiger partial charge in [0.15, 0.2) is 0 Å². The molecule has 0 saturated carbocycles. The number of amides is 2. The molecule has 1 rings (SSSR count). The summed E-state index contributed by atoms with van der Waals surface area (Å²) in [5.41, 5.74) is 0. The number of rotatable bonds is 5. The maximum Gasteiger partial charge on any atom is 0.345 e. The highest BCUT2D eigenvalue weighted by Crippen LogP contribution is 2.15. The molecular formula is C11H16N2O3S. The van der Waals surface area contributed by atoms with Crippen molar-refractivity contribution in [2.24, 2.45) is 5.92 Å². The minimum Gasteiger partial charge on any atom is -0.477 e. The van der Waals surface area contributed by atoms with Crippen molar-refractivity contribution in [2.75, 3.05) is 6.54 Å². The monoisotopic (exact) mass is 256 g/mol. The first kappa shape index (κ1) is 13.5. The van der Waals surface area contributed by atoms with Crippen molar-refractivity contribution in [3.8, 4) is 0 Å². The fourth-order valence-electron chi connectivity index (χ4n) is 1.11. The van der Waals surface area contributed by atoms with Crippen molar-refractivity contribution in [3.05, 3.63) is 21.9 Å². The molecule has 0 aliphatic heterocycles. The molecule has 6 heteroatoms. The Bertz CT molecular complexity index is 401. The van der Waals surface area contributed by atoms with E-state index in [0.29, 0.717) is 19.0 Å². The molecule has 0 bridgehead atoms. The Balaban J connectivity index is 2.34. The molecule has 0 spiro atoms. The van der Waals surface area contributed by atoms with Gasteiger partial charge >= 0.3 is 12.0 Å². The SMILES string of the molecule is CC(C)CNC(=O)NCc1ccc(C(=O)O)s1. The first-order valence-corrected chi connectivity index (χ1v) is 6.14. The van der Waals surface area contributed by atoms with E-state index in [1.165, 1.54) is 17.4 Å². The number of carbonyl (C=O) groups excluding carboxylic acids is 1. The van der Waals surface area contributed by atoms with Crippen LogP contribution in [0.5, 0.6) is 0 Å². The Morgan fingerprint density at radius 2 is 2.06 bits per heavy atom. The molecule has 0 unspecified atom stereocenters. The number of thiophene rings is 1. The molecule has 3 N–H and O–H groups in total. The Kier molecular flexibility index (Phi) is 4.96. The summed E-state index contributed by atoms with van der Waals surface area (Å²) in [7, 11) is 0. The number of carboxylic acid groups (broad SMARTS) is 1. The van der Waals surface area contributed by atoms with Crippen LogP contribution in [0.2, 0.25) is 0 Å². The maximum absolute atomic E-state index is 11.3. The average molecular weight is 256 g/mol. The number of nitrogens with one attached hydrogen (secondary N) is 2. The summed E-state index contributed by atoms with van der Waals surface area (Å²) in [6.45, 7) is 5.00. The normalized spacial score (nSPS) is 10.3. The standard InChI is InChI=1S/C11H16N2O3S/c1-7(2)5-12-11(16)13-6-8-3-4-9(17-8)10(14)15/h3-4,7H,5-6H2,1-2H3,(H,14,15)(H2,12,13,16). The zero-order valence-electron chi connectivity index (χ0n) is 9.82. The molecule has 0 saturated heterocycles. The van der Waals surface area contributed by atoms with Crippen molar-refractivity contribution in [1.82, 2.24) is 10.6 Å². The smallest absolute Gasteiger partial charge is 0.345 e. The van der Waals surface area contributed by atoms with Gasteiger partial charge in [-0.2, -0.15) is 0 Å². The van der Waals surface area contributed by atoms with Crippen molar-refractivity contribution in [2.45, 2.75) is 20.4 Å². The van der Waals surface area contributed by atoms with Gasteiger partial charge < -0.3 is 15.7 Å². The number of hydrogen-bond acceptors (Lipinski definition) is 3. The van der Waals surface area contributed by atoms with Crippen LogP contribution in [0.4, 0.5) is 4.79 Å². The van der Waals surface area contributed by atoms with Gasteiger partial charge in [-0.15, -0.1) is 11.3 Å². The first-order valence-electron chi connectivity index (χ1n) is 5.32. The Morgan fingerprint density at radius 3 is 2.59 bits per heavy atom. The topological polar surface area (TPSA) is 78.4 Å². The van der Waals surface area contributed by atoms with Gasteiger partial charge in [-0.3, -0.25) is 0 Å². The van der Waals surface area contributed by atoms with E-state index in [9.17, 15) is 9.59 Å². The molecule has 94 valence electrons. The molecule has 17 heavy (non-hydrogen) atoms. The molecule has 0 aromatic carbocycles. The first-order chi connectivity index (χ1) is 7.99. The lowest BCUT2D eigenvalue weighted by Crippen LogP contribution is -2.36. The summed E-state index contributed by atoms with van der Waals surface area (Å²) in [4.78, 5) is 23.1. The van der Waals surface area contributed by atoms with E-state index in [1.54, 1.807) is 6.07 Å². The molecular weight excluding hydrogens is 240 g/mol. The Morgan fingerprint density at radius 1 is 1.35 bits per heavy atom. The van der Waals surface area contributed by atoms with Crippen molar-refractivity contribution in [3.63, 3.8) is 0 Å². The van der Waals surface area contributed by atoms with Crippen LogP contribution in [0.15, 0.2) is 12.1 Å². The summed E-state index contributed by atoms with van der Waals surface area (Å²) in [5.74, 6) is -0.536. The predicted molar refractivity (Wildman–Crippen MR) is 66.4 cm³/mol. The van der Waals surface area contributed by atoms with E-state index in [-0.39, 0.29) is 10.9 Å². The van der Waals surface area contributed by atoms with Crippen molar-refractivity contribution in [1.29, 1.82) is 0 Å². The Hall–Kier alpha value is -1.56. The van der Waals surface area contributed by atoms with Gasteiger partial charge in [-0.1, -0.05) is 13.8 Å². The van der Waals surface area contributed by atoms with Crippen LogP contribution in [0.3, 0.4) is 0 Å². The second-order valence-corrected chi connectivity index (χ2v) is 5.20. The van der Waals surface area contributed by atoms with Gasteiger partial charge in [0.05, 0.1) is 6.54 Å². The largest absolute Gasteiger partial charge is 0.477 e. The van der Waals surface area contributed by atoms with E-state index < -0.39 is 5.97 Å². The van der Waals surface area contributed by atoms with E-state index in [4.69, 9.17) is 5.11 Å². The van der Waals surface area contributed by atoms with Crippen LogP contribution in [0, 0.1) is 5.92 Å².